The molecule has 3 heterocycles. The number of halogens is 2. The van der Waals surface area contributed by atoms with Crippen molar-refractivity contribution in [2.24, 2.45) is 0 Å². The third-order valence-corrected chi connectivity index (χ3v) is 3.71. The molecular weight excluding hydrogens is 337 g/mol. The first-order valence-electron chi connectivity index (χ1n) is 7.29. The molecule has 3 rings (SSSR count). The maximum absolute atomic E-state index is 12.4. The average molecular weight is 358 g/mol. The topological polar surface area (TPSA) is 71.8 Å². The zero-order chi connectivity index (χ0) is 14.7. The van der Waals surface area contributed by atoms with E-state index >= 15 is 0 Å². The lowest BCUT2D eigenvalue weighted by molar-refractivity contribution is 0.0939. The molecule has 2 N–H and O–H groups in total. The molecule has 126 valence electrons. The Labute approximate surface area is 147 Å². The Morgan fingerprint density at radius 2 is 2.26 bits per heavy atom. The lowest BCUT2D eigenvalue weighted by atomic mass is 10.1. The summed E-state index contributed by atoms with van der Waals surface area (Å²) in [5.74, 6) is 0.679. The fraction of sp³-hybridized carbons (Fsp3) is 0.400. The maximum atomic E-state index is 12.4. The highest BCUT2D eigenvalue weighted by atomic mass is 35.5. The fourth-order valence-electron chi connectivity index (χ4n) is 2.62. The second-order valence-corrected chi connectivity index (χ2v) is 5.12. The highest BCUT2D eigenvalue weighted by molar-refractivity contribution is 5.95. The molecule has 1 fully saturated rings. The largest absolute Gasteiger partial charge is 0.348 e. The van der Waals surface area contributed by atoms with Crippen molar-refractivity contribution in [3.05, 3.63) is 41.9 Å². The molecule has 1 amide bonds. The molecule has 0 aromatic carbocycles. The number of amides is 1. The van der Waals surface area contributed by atoms with Crippen LogP contribution in [0.3, 0.4) is 0 Å². The van der Waals surface area contributed by atoms with Crippen molar-refractivity contribution in [1.82, 2.24) is 25.4 Å². The molecule has 1 aliphatic heterocycles. The highest BCUT2D eigenvalue weighted by Gasteiger charge is 2.22. The Morgan fingerprint density at radius 1 is 1.43 bits per heavy atom. The van der Waals surface area contributed by atoms with Crippen LogP contribution in [0.15, 0.2) is 30.6 Å². The smallest absolute Gasteiger partial charge is 0.255 e. The molecule has 6 nitrogen and oxygen atoms in total. The van der Waals surface area contributed by atoms with Gasteiger partial charge in [0.1, 0.15) is 0 Å². The summed E-state index contributed by atoms with van der Waals surface area (Å²) < 4.78 is 1.74. The van der Waals surface area contributed by atoms with Gasteiger partial charge in [-0.2, -0.15) is 5.10 Å². The number of rotatable bonds is 4. The van der Waals surface area contributed by atoms with Crippen LogP contribution in [0, 0.1) is 0 Å². The molecule has 23 heavy (non-hydrogen) atoms. The standard InChI is InChI=1S/C15H19N5O.2ClH/c1-2-13-12(15(21)19-11-6-8-16-9-11)10-18-20(13)14-5-3-4-7-17-14;;/h3-5,7,10-11,16H,2,6,8-9H2,1H3,(H,19,21);2*1H. The Balaban J connectivity index is 0.00000132. The number of carbonyl (C=O) groups is 1. The van der Waals surface area contributed by atoms with Gasteiger partial charge >= 0.3 is 0 Å². The second kappa shape index (κ2) is 8.86. The minimum absolute atomic E-state index is 0. The fourth-order valence-corrected chi connectivity index (χ4v) is 2.62. The van der Waals surface area contributed by atoms with E-state index in [1.165, 1.54) is 0 Å². The molecular formula is C15H21Cl2N5O. The molecule has 0 spiro atoms. The van der Waals surface area contributed by atoms with Gasteiger partial charge in [0.25, 0.3) is 5.91 Å². The summed E-state index contributed by atoms with van der Waals surface area (Å²) >= 11 is 0. The SMILES string of the molecule is CCc1c(C(=O)NC2CCNC2)cnn1-c1ccccn1.Cl.Cl. The molecule has 0 aliphatic carbocycles. The lowest BCUT2D eigenvalue weighted by Crippen LogP contribution is -2.36. The van der Waals surface area contributed by atoms with E-state index < -0.39 is 0 Å². The van der Waals surface area contributed by atoms with Gasteiger partial charge in [0.05, 0.1) is 17.5 Å². The van der Waals surface area contributed by atoms with Gasteiger partial charge in [-0.25, -0.2) is 9.67 Å². The van der Waals surface area contributed by atoms with Crippen molar-refractivity contribution in [3.63, 3.8) is 0 Å². The number of aromatic nitrogens is 3. The molecule has 8 heteroatoms. The van der Waals surface area contributed by atoms with Crippen LogP contribution in [0.1, 0.15) is 29.4 Å². The van der Waals surface area contributed by atoms with Crippen molar-refractivity contribution in [3.8, 4) is 5.82 Å². The minimum atomic E-state index is -0.0530. The first-order chi connectivity index (χ1) is 10.3. The third-order valence-electron chi connectivity index (χ3n) is 3.71. The quantitative estimate of drug-likeness (QED) is 0.874. The van der Waals surface area contributed by atoms with Crippen LogP contribution in [0.4, 0.5) is 0 Å². The van der Waals surface area contributed by atoms with Gasteiger partial charge in [-0.3, -0.25) is 4.79 Å². The van der Waals surface area contributed by atoms with Gasteiger partial charge in [0.15, 0.2) is 5.82 Å². The predicted octanol–water partition coefficient (Wildman–Crippen LogP) is 1.76. The van der Waals surface area contributed by atoms with E-state index in [1.807, 2.05) is 25.1 Å². The van der Waals surface area contributed by atoms with Crippen LogP contribution >= 0.6 is 24.8 Å². The van der Waals surface area contributed by atoms with Crippen LogP contribution in [0.25, 0.3) is 5.82 Å². The van der Waals surface area contributed by atoms with Crippen LogP contribution < -0.4 is 10.6 Å². The molecule has 1 unspecified atom stereocenters. The Morgan fingerprint density at radius 3 is 2.87 bits per heavy atom. The summed E-state index contributed by atoms with van der Waals surface area (Å²) in [6, 6.07) is 5.86. The maximum Gasteiger partial charge on any atom is 0.255 e. The van der Waals surface area contributed by atoms with Gasteiger partial charge < -0.3 is 10.6 Å². The van der Waals surface area contributed by atoms with Crippen LogP contribution in [0.2, 0.25) is 0 Å². The van der Waals surface area contributed by atoms with Gasteiger partial charge in [0, 0.05) is 18.8 Å². The van der Waals surface area contributed by atoms with E-state index in [-0.39, 0.29) is 36.8 Å². The van der Waals surface area contributed by atoms with Crippen molar-refractivity contribution in [2.75, 3.05) is 13.1 Å². The second-order valence-electron chi connectivity index (χ2n) is 5.12. The van der Waals surface area contributed by atoms with Crippen LogP contribution in [-0.4, -0.2) is 39.8 Å². The number of carbonyl (C=O) groups excluding carboxylic acids is 1. The molecule has 0 saturated carbocycles. The van der Waals surface area contributed by atoms with E-state index in [0.29, 0.717) is 5.56 Å². The number of hydrogen-bond donors (Lipinski definition) is 2. The van der Waals surface area contributed by atoms with E-state index in [1.54, 1.807) is 17.1 Å². The zero-order valence-electron chi connectivity index (χ0n) is 12.9. The Hall–Kier alpha value is -1.63. The van der Waals surface area contributed by atoms with Crippen molar-refractivity contribution in [2.45, 2.75) is 25.8 Å². The monoisotopic (exact) mass is 357 g/mol. The van der Waals surface area contributed by atoms with E-state index in [0.717, 1.165) is 37.4 Å². The van der Waals surface area contributed by atoms with Crippen molar-refractivity contribution >= 4 is 30.7 Å². The molecule has 1 atom stereocenters. The van der Waals surface area contributed by atoms with Gasteiger partial charge in [-0.15, -0.1) is 24.8 Å². The van der Waals surface area contributed by atoms with Gasteiger partial charge in [0.2, 0.25) is 0 Å². The van der Waals surface area contributed by atoms with E-state index in [2.05, 4.69) is 20.7 Å². The molecule has 1 aliphatic rings. The number of pyridine rings is 1. The van der Waals surface area contributed by atoms with Crippen LogP contribution in [0.5, 0.6) is 0 Å². The molecule has 0 radical (unpaired) electrons. The molecule has 1 saturated heterocycles. The summed E-state index contributed by atoms with van der Waals surface area (Å²) in [4.78, 5) is 16.7. The third kappa shape index (κ3) is 4.22. The Bertz CT molecular complexity index is 626. The van der Waals surface area contributed by atoms with Crippen molar-refractivity contribution in [1.29, 1.82) is 0 Å². The number of nitrogens with zero attached hydrogens (tertiary/aromatic N) is 3. The molecule has 2 aromatic heterocycles. The van der Waals surface area contributed by atoms with E-state index in [4.69, 9.17) is 0 Å². The van der Waals surface area contributed by atoms with Crippen LogP contribution in [-0.2, 0) is 6.42 Å². The zero-order valence-corrected chi connectivity index (χ0v) is 14.5. The molecule has 0 bridgehead atoms. The summed E-state index contributed by atoms with van der Waals surface area (Å²) in [6.45, 7) is 3.81. The predicted molar refractivity (Wildman–Crippen MR) is 94.0 cm³/mol. The number of nitrogens with one attached hydrogen (secondary N) is 2. The van der Waals surface area contributed by atoms with Gasteiger partial charge in [-0.1, -0.05) is 13.0 Å². The highest BCUT2D eigenvalue weighted by Crippen LogP contribution is 2.14. The Kier molecular flexibility index (Phi) is 7.48. The van der Waals surface area contributed by atoms with Crippen molar-refractivity contribution < 1.29 is 4.79 Å². The number of hydrogen-bond acceptors (Lipinski definition) is 4. The van der Waals surface area contributed by atoms with E-state index in [9.17, 15) is 4.79 Å². The molecule has 2 aromatic rings. The summed E-state index contributed by atoms with van der Waals surface area (Å²) in [6.07, 6.45) is 5.05. The van der Waals surface area contributed by atoms with Gasteiger partial charge in [-0.05, 0) is 31.5 Å². The summed E-state index contributed by atoms with van der Waals surface area (Å²) in [7, 11) is 0. The first kappa shape index (κ1) is 19.4. The normalized spacial score (nSPS) is 16.3. The average Bonchev–Trinajstić information content (AvgIpc) is 3.16. The lowest BCUT2D eigenvalue weighted by Gasteiger charge is -2.11. The minimum Gasteiger partial charge on any atom is -0.348 e. The first-order valence-corrected chi connectivity index (χ1v) is 7.29. The summed E-state index contributed by atoms with van der Waals surface area (Å²) in [5.41, 5.74) is 1.52. The summed E-state index contributed by atoms with van der Waals surface area (Å²) in [5, 5.41) is 10.6.